The summed E-state index contributed by atoms with van der Waals surface area (Å²) in [5.41, 5.74) is 0.412. The number of ether oxygens (including phenoxy) is 3. The predicted octanol–water partition coefficient (Wildman–Crippen LogP) is 1.01. The lowest BCUT2D eigenvalue weighted by atomic mass is 10.1. The molecule has 1 aromatic carbocycles. The highest BCUT2D eigenvalue weighted by atomic mass is 16.6. The van der Waals surface area contributed by atoms with Gasteiger partial charge in [-0.25, -0.2) is 9.59 Å². The highest BCUT2D eigenvalue weighted by Crippen LogP contribution is 2.33. The highest BCUT2D eigenvalue weighted by molar-refractivity contribution is 6.15. The minimum Gasteiger partial charge on any atom is -0.493 e. The van der Waals surface area contributed by atoms with Crippen LogP contribution >= 0.6 is 0 Å². The first-order chi connectivity index (χ1) is 7.17. The summed E-state index contributed by atoms with van der Waals surface area (Å²) in [4.78, 5) is 22.4. The fourth-order valence-corrected chi connectivity index (χ4v) is 1.41. The van der Waals surface area contributed by atoms with E-state index in [9.17, 15) is 9.59 Å². The zero-order valence-corrected chi connectivity index (χ0v) is 8.20. The van der Waals surface area contributed by atoms with Crippen LogP contribution in [0.2, 0.25) is 0 Å². The molecule has 0 unspecified atom stereocenters. The normalized spacial score (nSPS) is 13.5. The van der Waals surface area contributed by atoms with Gasteiger partial charge in [-0.1, -0.05) is 0 Å². The van der Waals surface area contributed by atoms with E-state index in [-0.39, 0.29) is 11.1 Å². The molecule has 0 atom stereocenters. The van der Waals surface area contributed by atoms with Crippen LogP contribution < -0.4 is 9.47 Å². The Hall–Kier alpha value is -2.04. The summed E-state index contributed by atoms with van der Waals surface area (Å²) in [5.74, 6) is -0.530. The van der Waals surface area contributed by atoms with E-state index in [4.69, 9.17) is 9.47 Å². The maximum Gasteiger partial charge on any atom is 0.347 e. The summed E-state index contributed by atoms with van der Waals surface area (Å²) in [5, 5.41) is 0. The molecule has 1 aliphatic heterocycles. The highest BCUT2D eigenvalue weighted by Gasteiger charge is 2.31. The molecular weight excluding hydrogens is 200 g/mol. The molecule has 1 aliphatic rings. The van der Waals surface area contributed by atoms with E-state index in [1.165, 1.54) is 26.4 Å². The average Bonchev–Trinajstić information content (AvgIpc) is 2.52. The number of rotatable bonds is 2. The number of methoxy groups -OCH3 is 2. The molecule has 0 bridgehead atoms. The summed E-state index contributed by atoms with van der Waals surface area (Å²) in [6.45, 7) is 0. The maximum atomic E-state index is 11.2. The zero-order valence-electron chi connectivity index (χ0n) is 8.20. The second kappa shape index (κ2) is 3.27. The topological polar surface area (TPSA) is 61.8 Å². The first kappa shape index (κ1) is 9.51. The van der Waals surface area contributed by atoms with Crippen molar-refractivity contribution in [2.24, 2.45) is 0 Å². The van der Waals surface area contributed by atoms with Crippen molar-refractivity contribution in [2.45, 2.75) is 0 Å². The molecule has 5 heteroatoms. The van der Waals surface area contributed by atoms with E-state index in [0.29, 0.717) is 11.5 Å². The van der Waals surface area contributed by atoms with Crippen molar-refractivity contribution in [1.82, 2.24) is 0 Å². The minimum atomic E-state index is -0.657. The molecule has 0 radical (unpaired) electrons. The molecule has 0 aliphatic carbocycles. The standard InChI is InChI=1S/C10H8O5/c1-13-7-3-5-6(4-8(7)14-2)10(12)15-9(5)11/h3-4H,1-2H3. The average molecular weight is 208 g/mol. The quantitative estimate of drug-likeness (QED) is 0.536. The Balaban J connectivity index is 2.63. The zero-order chi connectivity index (χ0) is 11.0. The molecule has 15 heavy (non-hydrogen) atoms. The summed E-state index contributed by atoms with van der Waals surface area (Å²) in [6.07, 6.45) is 0. The molecule has 0 N–H and O–H groups in total. The van der Waals surface area contributed by atoms with Crippen molar-refractivity contribution in [3.63, 3.8) is 0 Å². The maximum absolute atomic E-state index is 11.2. The van der Waals surface area contributed by atoms with Crippen LogP contribution in [0, 0.1) is 0 Å². The fourth-order valence-electron chi connectivity index (χ4n) is 1.41. The summed E-state index contributed by atoms with van der Waals surface area (Å²) in [7, 11) is 2.90. The van der Waals surface area contributed by atoms with Crippen molar-refractivity contribution >= 4 is 11.9 Å². The van der Waals surface area contributed by atoms with Crippen LogP contribution in [0.15, 0.2) is 12.1 Å². The number of carbonyl (C=O) groups excluding carboxylic acids is 2. The molecule has 2 rings (SSSR count). The molecular formula is C10H8O5. The first-order valence-corrected chi connectivity index (χ1v) is 4.20. The second-order valence-corrected chi connectivity index (χ2v) is 2.93. The van der Waals surface area contributed by atoms with Gasteiger partial charge in [0, 0.05) is 0 Å². The lowest BCUT2D eigenvalue weighted by molar-refractivity contribution is 0.0443. The molecule has 1 heterocycles. The van der Waals surface area contributed by atoms with Crippen LogP contribution in [-0.4, -0.2) is 26.2 Å². The van der Waals surface area contributed by atoms with Gasteiger partial charge in [0.05, 0.1) is 25.3 Å². The molecule has 0 saturated carbocycles. The summed E-state index contributed by atoms with van der Waals surface area (Å²) >= 11 is 0. The summed E-state index contributed by atoms with van der Waals surface area (Å²) < 4.78 is 14.4. The van der Waals surface area contributed by atoms with Crippen LogP contribution in [0.25, 0.3) is 0 Å². The van der Waals surface area contributed by atoms with Crippen molar-refractivity contribution in [2.75, 3.05) is 14.2 Å². The Bertz CT molecular complexity index is 408. The Kier molecular flexibility index (Phi) is 2.07. The SMILES string of the molecule is COc1cc2c(cc1OC)C(=O)OC2=O. The van der Waals surface area contributed by atoms with Crippen LogP contribution in [0.4, 0.5) is 0 Å². The Morgan fingerprint density at radius 3 is 1.67 bits per heavy atom. The Morgan fingerprint density at radius 1 is 0.933 bits per heavy atom. The van der Waals surface area contributed by atoms with Gasteiger partial charge in [-0.05, 0) is 12.1 Å². The van der Waals surface area contributed by atoms with Gasteiger partial charge in [0.1, 0.15) is 0 Å². The van der Waals surface area contributed by atoms with Crippen LogP contribution in [0.3, 0.4) is 0 Å². The van der Waals surface area contributed by atoms with Crippen molar-refractivity contribution in [1.29, 1.82) is 0 Å². The van der Waals surface area contributed by atoms with E-state index >= 15 is 0 Å². The Labute approximate surface area is 85.5 Å². The molecule has 78 valence electrons. The third-order valence-corrected chi connectivity index (χ3v) is 2.15. The minimum absolute atomic E-state index is 0.206. The number of hydrogen-bond donors (Lipinski definition) is 0. The molecule has 0 spiro atoms. The smallest absolute Gasteiger partial charge is 0.347 e. The lowest BCUT2D eigenvalue weighted by Crippen LogP contribution is -1.96. The molecule has 5 nitrogen and oxygen atoms in total. The first-order valence-electron chi connectivity index (χ1n) is 4.20. The molecule has 0 aromatic heterocycles. The van der Waals surface area contributed by atoms with Gasteiger partial charge < -0.3 is 14.2 Å². The van der Waals surface area contributed by atoms with E-state index in [0.717, 1.165) is 0 Å². The van der Waals surface area contributed by atoms with Crippen molar-refractivity contribution in [3.8, 4) is 11.5 Å². The lowest BCUT2D eigenvalue weighted by Gasteiger charge is -2.07. The Morgan fingerprint density at radius 2 is 1.33 bits per heavy atom. The number of hydrogen-bond acceptors (Lipinski definition) is 5. The largest absolute Gasteiger partial charge is 0.493 e. The number of esters is 2. The van der Waals surface area contributed by atoms with Gasteiger partial charge in [-0.15, -0.1) is 0 Å². The number of cyclic esters (lactones) is 2. The van der Waals surface area contributed by atoms with Gasteiger partial charge in [-0.2, -0.15) is 0 Å². The molecule has 1 aromatic rings. The van der Waals surface area contributed by atoms with Gasteiger partial charge in [0.25, 0.3) is 0 Å². The molecule has 0 saturated heterocycles. The number of carbonyl (C=O) groups is 2. The molecule has 0 amide bonds. The van der Waals surface area contributed by atoms with Crippen molar-refractivity contribution < 1.29 is 23.8 Å². The van der Waals surface area contributed by atoms with Gasteiger partial charge >= 0.3 is 11.9 Å². The van der Waals surface area contributed by atoms with Crippen LogP contribution in [-0.2, 0) is 4.74 Å². The van der Waals surface area contributed by atoms with Gasteiger partial charge in [0.2, 0.25) is 0 Å². The van der Waals surface area contributed by atoms with Gasteiger partial charge in [-0.3, -0.25) is 0 Å². The molecule has 0 fully saturated rings. The third-order valence-electron chi connectivity index (χ3n) is 2.15. The van der Waals surface area contributed by atoms with E-state index < -0.39 is 11.9 Å². The van der Waals surface area contributed by atoms with E-state index in [2.05, 4.69) is 4.74 Å². The monoisotopic (exact) mass is 208 g/mol. The van der Waals surface area contributed by atoms with E-state index in [1.807, 2.05) is 0 Å². The number of fused-ring (bicyclic) bond motifs is 1. The number of benzene rings is 1. The summed E-state index contributed by atoms with van der Waals surface area (Å²) in [6, 6.07) is 2.86. The van der Waals surface area contributed by atoms with E-state index in [1.54, 1.807) is 0 Å². The van der Waals surface area contributed by atoms with Crippen molar-refractivity contribution in [3.05, 3.63) is 23.3 Å². The fraction of sp³-hybridized carbons (Fsp3) is 0.200. The van der Waals surface area contributed by atoms with Gasteiger partial charge in [0.15, 0.2) is 11.5 Å². The van der Waals surface area contributed by atoms with Crippen LogP contribution in [0.5, 0.6) is 11.5 Å². The third kappa shape index (κ3) is 1.32. The predicted molar refractivity (Wildman–Crippen MR) is 49.3 cm³/mol. The van der Waals surface area contributed by atoms with Crippen LogP contribution in [0.1, 0.15) is 20.7 Å². The second-order valence-electron chi connectivity index (χ2n) is 2.93.